The lowest BCUT2D eigenvalue weighted by Crippen LogP contribution is -2.35. The highest BCUT2D eigenvalue weighted by Gasteiger charge is 2.18. The van der Waals surface area contributed by atoms with Gasteiger partial charge in [0, 0.05) is 31.6 Å². The van der Waals surface area contributed by atoms with Crippen LogP contribution in [0.2, 0.25) is 0 Å². The summed E-state index contributed by atoms with van der Waals surface area (Å²) in [4.78, 5) is 18.8. The Morgan fingerprint density at radius 3 is 2.44 bits per heavy atom. The monoisotopic (exact) mass is 432 g/mol. The van der Waals surface area contributed by atoms with E-state index in [-0.39, 0.29) is 5.91 Å². The fraction of sp³-hybridized carbons (Fsp3) is 0.440. The normalized spacial score (nSPS) is 14.9. The fourth-order valence-corrected chi connectivity index (χ4v) is 4.17. The van der Waals surface area contributed by atoms with Crippen molar-refractivity contribution in [1.29, 1.82) is 0 Å². The van der Waals surface area contributed by atoms with Crippen LogP contribution in [0.1, 0.15) is 31.2 Å². The highest BCUT2D eigenvalue weighted by molar-refractivity contribution is 5.76. The number of carbonyl (C=O) groups is 1. The lowest BCUT2D eigenvalue weighted by atomic mass is 10.1. The van der Waals surface area contributed by atoms with E-state index < -0.39 is 0 Å². The lowest BCUT2D eigenvalue weighted by Gasteiger charge is -2.22. The van der Waals surface area contributed by atoms with Gasteiger partial charge >= 0.3 is 0 Å². The molecule has 1 amide bonds. The van der Waals surface area contributed by atoms with Crippen molar-refractivity contribution in [2.24, 2.45) is 0 Å². The molecule has 0 unspecified atom stereocenters. The summed E-state index contributed by atoms with van der Waals surface area (Å²) in [6.07, 6.45) is 4.56. The molecule has 0 N–H and O–H groups in total. The average molecular weight is 433 g/mol. The molecular weight excluding hydrogens is 400 g/mol. The zero-order valence-corrected chi connectivity index (χ0v) is 18.6. The molecule has 4 rings (SSSR count). The van der Waals surface area contributed by atoms with Crippen LogP contribution in [0, 0.1) is 0 Å². The molecule has 1 aliphatic heterocycles. The van der Waals surface area contributed by atoms with Crippen LogP contribution in [0.15, 0.2) is 60.7 Å². The van der Waals surface area contributed by atoms with E-state index in [9.17, 15) is 4.79 Å². The lowest BCUT2D eigenvalue weighted by molar-refractivity contribution is -0.131. The van der Waals surface area contributed by atoms with Gasteiger partial charge in [-0.3, -0.25) is 4.79 Å². The number of nitrogens with zero attached hydrogens (tertiary/aromatic N) is 6. The van der Waals surface area contributed by atoms with Gasteiger partial charge < -0.3 is 9.80 Å². The Kier molecular flexibility index (Phi) is 7.98. The third-order valence-electron chi connectivity index (χ3n) is 5.96. The molecule has 0 atom stereocenters. The number of hydrogen-bond acceptors (Lipinski definition) is 5. The molecule has 1 aromatic heterocycles. The van der Waals surface area contributed by atoms with Gasteiger partial charge in [-0.2, -0.15) is 4.80 Å². The number of aryl methyl sites for hydroxylation is 2. The van der Waals surface area contributed by atoms with Crippen molar-refractivity contribution < 1.29 is 4.79 Å². The van der Waals surface area contributed by atoms with Crippen LogP contribution in [-0.4, -0.2) is 68.6 Å². The second-order valence-electron chi connectivity index (χ2n) is 8.34. The molecule has 0 radical (unpaired) electrons. The summed E-state index contributed by atoms with van der Waals surface area (Å²) < 4.78 is 0. The molecule has 0 saturated carbocycles. The van der Waals surface area contributed by atoms with E-state index in [4.69, 9.17) is 0 Å². The minimum atomic E-state index is 0.236. The largest absolute Gasteiger partial charge is 0.341 e. The Labute approximate surface area is 190 Å². The summed E-state index contributed by atoms with van der Waals surface area (Å²) in [6.45, 7) is 5.41. The molecule has 0 bridgehead atoms. The summed E-state index contributed by atoms with van der Waals surface area (Å²) in [5.41, 5.74) is 2.35. The molecule has 0 spiro atoms. The first-order valence-electron chi connectivity index (χ1n) is 11.7. The number of carbonyl (C=O) groups excluding carboxylic acids is 1. The molecule has 32 heavy (non-hydrogen) atoms. The number of hydrogen-bond donors (Lipinski definition) is 0. The van der Waals surface area contributed by atoms with Gasteiger partial charge in [-0.25, -0.2) is 0 Å². The first-order chi connectivity index (χ1) is 15.8. The van der Waals surface area contributed by atoms with Gasteiger partial charge in [0.05, 0.1) is 6.54 Å². The smallest absolute Gasteiger partial charge is 0.222 e. The minimum Gasteiger partial charge on any atom is -0.341 e. The number of benzene rings is 2. The zero-order valence-electron chi connectivity index (χ0n) is 18.6. The topological polar surface area (TPSA) is 67.2 Å². The first kappa shape index (κ1) is 22.1. The Morgan fingerprint density at radius 1 is 0.844 bits per heavy atom. The first-order valence-corrected chi connectivity index (χ1v) is 11.7. The van der Waals surface area contributed by atoms with E-state index in [0.29, 0.717) is 18.8 Å². The molecule has 1 saturated heterocycles. The van der Waals surface area contributed by atoms with E-state index >= 15 is 0 Å². The van der Waals surface area contributed by atoms with Gasteiger partial charge in [0.25, 0.3) is 0 Å². The van der Waals surface area contributed by atoms with E-state index in [2.05, 4.69) is 50.6 Å². The van der Waals surface area contributed by atoms with E-state index in [0.717, 1.165) is 64.0 Å². The highest BCUT2D eigenvalue weighted by atomic mass is 16.2. The van der Waals surface area contributed by atoms with Gasteiger partial charge in [0.2, 0.25) is 11.7 Å². The number of aromatic nitrogens is 4. The predicted octanol–water partition coefficient (Wildman–Crippen LogP) is 3.29. The predicted molar refractivity (Wildman–Crippen MR) is 125 cm³/mol. The molecule has 7 nitrogen and oxygen atoms in total. The van der Waals surface area contributed by atoms with Crippen molar-refractivity contribution >= 4 is 5.91 Å². The van der Waals surface area contributed by atoms with Crippen molar-refractivity contribution in [3.8, 4) is 11.4 Å². The van der Waals surface area contributed by atoms with Gasteiger partial charge in [0.15, 0.2) is 0 Å². The van der Waals surface area contributed by atoms with Crippen LogP contribution in [0.3, 0.4) is 0 Å². The van der Waals surface area contributed by atoms with Crippen LogP contribution < -0.4 is 0 Å². The van der Waals surface area contributed by atoms with Crippen molar-refractivity contribution in [2.75, 3.05) is 32.7 Å². The highest BCUT2D eigenvalue weighted by Crippen LogP contribution is 2.12. The van der Waals surface area contributed by atoms with E-state index in [1.54, 1.807) is 4.80 Å². The Bertz CT molecular complexity index is 959. The van der Waals surface area contributed by atoms with Crippen LogP contribution in [0.5, 0.6) is 0 Å². The minimum absolute atomic E-state index is 0.236. The van der Waals surface area contributed by atoms with Crippen molar-refractivity contribution in [1.82, 2.24) is 30.0 Å². The standard InChI is InChI=1S/C25H32N6O/c32-24(15-8-19-31-27-25(26-28-31)23-13-5-2-6-14-23)30-18-9-17-29(20-21-30)16-7-12-22-10-3-1-4-11-22/h1-6,10-11,13-14H,7-9,12,15-21H2. The Hall–Kier alpha value is -3.06. The number of amides is 1. The molecule has 1 aliphatic rings. The maximum Gasteiger partial charge on any atom is 0.222 e. The summed E-state index contributed by atoms with van der Waals surface area (Å²) in [5, 5.41) is 12.7. The number of tetrazole rings is 1. The third-order valence-corrected chi connectivity index (χ3v) is 5.96. The molecule has 7 heteroatoms. The molecule has 1 fully saturated rings. The molecule has 2 heterocycles. The van der Waals surface area contributed by atoms with Crippen LogP contribution >= 0.6 is 0 Å². The molecule has 3 aromatic rings. The average Bonchev–Trinajstić information content (AvgIpc) is 3.18. The van der Waals surface area contributed by atoms with Crippen LogP contribution in [-0.2, 0) is 17.8 Å². The molecule has 168 valence electrons. The van der Waals surface area contributed by atoms with Crippen LogP contribution in [0.25, 0.3) is 11.4 Å². The van der Waals surface area contributed by atoms with Gasteiger partial charge in [-0.15, -0.1) is 10.2 Å². The summed E-state index contributed by atoms with van der Waals surface area (Å²) in [7, 11) is 0. The molecule has 0 aliphatic carbocycles. The summed E-state index contributed by atoms with van der Waals surface area (Å²) in [6, 6.07) is 20.5. The number of rotatable bonds is 9. The summed E-state index contributed by atoms with van der Waals surface area (Å²) in [5.74, 6) is 0.858. The van der Waals surface area contributed by atoms with E-state index in [1.165, 1.54) is 5.56 Å². The van der Waals surface area contributed by atoms with Gasteiger partial charge in [-0.1, -0.05) is 60.7 Å². The van der Waals surface area contributed by atoms with Gasteiger partial charge in [0.1, 0.15) is 0 Å². The quantitative estimate of drug-likeness (QED) is 0.519. The zero-order chi connectivity index (χ0) is 22.0. The fourth-order valence-electron chi connectivity index (χ4n) is 4.17. The maximum atomic E-state index is 12.7. The van der Waals surface area contributed by atoms with Crippen molar-refractivity contribution in [3.63, 3.8) is 0 Å². The van der Waals surface area contributed by atoms with Crippen LogP contribution in [0.4, 0.5) is 0 Å². The van der Waals surface area contributed by atoms with Crippen molar-refractivity contribution in [3.05, 3.63) is 66.2 Å². The SMILES string of the molecule is O=C(CCCn1nnc(-c2ccccc2)n1)N1CCCN(CCCc2ccccc2)CC1. The third kappa shape index (κ3) is 6.47. The molecule has 2 aromatic carbocycles. The second-order valence-corrected chi connectivity index (χ2v) is 8.34. The van der Waals surface area contributed by atoms with Gasteiger partial charge in [-0.05, 0) is 49.5 Å². The van der Waals surface area contributed by atoms with Crippen molar-refractivity contribution in [2.45, 2.75) is 38.6 Å². The molecular formula is C25H32N6O. The summed E-state index contributed by atoms with van der Waals surface area (Å²) >= 11 is 0. The second kappa shape index (κ2) is 11.5. The Morgan fingerprint density at radius 2 is 1.62 bits per heavy atom. The van der Waals surface area contributed by atoms with E-state index in [1.807, 2.05) is 35.2 Å². The Balaban J connectivity index is 1.15. The maximum absolute atomic E-state index is 12.7.